The van der Waals surface area contributed by atoms with Gasteiger partial charge in [0.1, 0.15) is 47.8 Å². The number of aryl methyl sites for hydroxylation is 1. The Morgan fingerprint density at radius 3 is 1.76 bits per heavy atom. The van der Waals surface area contributed by atoms with E-state index < -0.39 is 55.6 Å². The molecule has 0 bridgehead atoms. The maximum atomic E-state index is 13.1. The molecule has 2 aromatic carbocycles. The second-order valence-corrected chi connectivity index (χ2v) is 16.5. The zero-order valence-corrected chi connectivity index (χ0v) is 35.6. The van der Waals surface area contributed by atoms with Gasteiger partial charge in [0.25, 0.3) is 0 Å². The average molecular weight is 834 g/mol. The van der Waals surface area contributed by atoms with Gasteiger partial charge in [0.15, 0.2) is 6.29 Å². The third kappa shape index (κ3) is 20.6. The van der Waals surface area contributed by atoms with E-state index in [2.05, 4.69) is 24.4 Å². The number of benzene rings is 2. The van der Waals surface area contributed by atoms with Crippen molar-refractivity contribution in [1.29, 1.82) is 0 Å². The number of aliphatic hydroxyl groups is 6. The van der Waals surface area contributed by atoms with Crippen LogP contribution in [0.25, 0.3) is 0 Å². The van der Waals surface area contributed by atoms with E-state index in [4.69, 9.17) is 14.2 Å². The molecule has 1 saturated heterocycles. The highest BCUT2D eigenvalue weighted by Gasteiger charge is 2.44. The molecule has 8 atom stereocenters. The van der Waals surface area contributed by atoms with Gasteiger partial charge in [-0.1, -0.05) is 135 Å². The molecule has 0 aromatic heterocycles. The number of ether oxygens (including phenoxy) is 3. The second-order valence-electron chi connectivity index (χ2n) is 16.5. The van der Waals surface area contributed by atoms with Crippen LogP contribution in [0.4, 0.5) is 4.39 Å². The Labute approximate surface area is 352 Å². The van der Waals surface area contributed by atoms with Crippen LogP contribution >= 0.6 is 0 Å². The summed E-state index contributed by atoms with van der Waals surface area (Å²) in [5.41, 5.74) is 1.25. The molecule has 0 spiro atoms. The molecule has 3 rings (SSSR count). The van der Waals surface area contributed by atoms with E-state index in [1.54, 1.807) is 12.1 Å². The lowest BCUT2D eigenvalue weighted by molar-refractivity contribution is -0.303. The number of hydrogen-bond donors (Lipinski definition) is 7. The Hall–Kier alpha value is -2.68. The molecule has 0 radical (unpaired) electrons. The zero-order valence-electron chi connectivity index (χ0n) is 35.6. The molecule has 1 fully saturated rings. The lowest BCUT2D eigenvalue weighted by atomic mass is 9.98. The number of aliphatic hydroxyl groups excluding tert-OH is 6. The summed E-state index contributed by atoms with van der Waals surface area (Å²) < 4.78 is 30.0. The molecule has 1 heterocycles. The van der Waals surface area contributed by atoms with Crippen molar-refractivity contribution in [2.75, 3.05) is 13.2 Å². The van der Waals surface area contributed by atoms with Gasteiger partial charge in [-0.05, 0) is 67.6 Å². The fourth-order valence-electron chi connectivity index (χ4n) is 7.58. The van der Waals surface area contributed by atoms with Crippen LogP contribution in [0.2, 0.25) is 0 Å². The smallest absolute Gasteiger partial charge is 0.220 e. The van der Waals surface area contributed by atoms with Crippen molar-refractivity contribution in [2.24, 2.45) is 0 Å². The van der Waals surface area contributed by atoms with Crippen molar-refractivity contribution in [3.05, 3.63) is 59.9 Å². The van der Waals surface area contributed by atoms with Crippen molar-refractivity contribution in [3.8, 4) is 11.5 Å². The summed E-state index contributed by atoms with van der Waals surface area (Å²) in [5.74, 6) is 0.728. The summed E-state index contributed by atoms with van der Waals surface area (Å²) in [4.78, 5) is 13.0. The largest absolute Gasteiger partial charge is 0.457 e. The van der Waals surface area contributed by atoms with Gasteiger partial charge in [0, 0.05) is 6.42 Å². The Kier molecular flexibility index (Phi) is 26.1. The Morgan fingerprint density at radius 1 is 0.695 bits per heavy atom. The quantitative estimate of drug-likeness (QED) is 0.0352. The van der Waals surface area contributed by atoms with E-state index in [1.165, 1.54) is 69.1 Å². The zero-order chi connectivity index (χ0) is 42.7. The highest BCUT2D eigenvalue weighted by Crippen LogP contribution is 2.24. The summed E-state index contributed by atoms with van der Waals surface area (Å²) >= 11 is 0. The van der Waals surface area contributed by atoms with Crippen molar-refractivity contribution in [3.63, 3.8) is 0 Å². The van der Waals surface area contributed by atoms with Crippen LogP contribution in [0, 0.1) is 5.82 Å². The molecule has 2 unspecified atom stereocenters. The third-order valence-corrected chi connectivity index (χ3v) is 11.4. The number of unbranched alkanes of at least 4 members (excludes halogenated alkanes) is 18. The molecule has 7 N–H and O–H groups in total. The first-order valence-corrected chi connectivity index (χ1v) is 22.7. The van der Waals surface area contributed by atoms with Gasteiger partial charge < -0.3 is 50.2 Å². The van der Waals surface area contributed by atoms with Gasteiger partial charge in [-0.15, -0.1) is 0 Å². The van der Waals surface area contributed by atoms with Gasteiger partial charge in [-0.25, -0.2) is 4.39 Å². The lowest BCUT2D eigenvalue weighted by Gasteiger charge is -2.40. The minimum Gasteiger partial charge on any atom is -0.457 e. The van der Waals surface area contributed by atoms with Crippen molar-refractivity contribution in [2.45, 2.75) is 204 Å². The highest BCUT2D eigenvalue weighted by atomic mass is 19.1. The topological polar surface area (TPSA) is 178 Å². The SMILES string of the molecule is CCCCCCCCCCCCCC[C@@H](O)[C@@H](O)[C@H](CO[C@H]1OC(CO)[C@H](O)[C@H](O)C1O)NC(=O)CCCCCCCCCCc1ccc(Oc2ccc(F)cc2)cc1. The first-order chi connectivity index (χ1) is 28.6. The maximum absolute atomic E-state index is 13.1. The first kappa shape index (κ1) is 50.7. The van der Waals surface area contributed by atoms with Crippen LogP contribution in [0.5, 0.6) is 11.5 Å². The van der Waals surface area contributed by atoms with E-state index in [-0.39, 0.29) is 24.8 Å². The summed E-state index contributed by atoms with van der Waals surface area (Å²) in [6.07, 6.45) is 14.1. The van der Waals surface area contributed by atoms with Crippen molar-refractivity contribution in [1.82, 2.24) is 5.32 Å². The summed E-state index contributed by atoms with van der Waals surface area (Å²) in [6, 6.07) is 12.9. The van der Waals surface area contributed by atoms with E-state index in [0.717, 1.165) is 82.8 Å². The van der Waals surface area contributed by atoms with Gasteiger partial charge in [0.2, 0.25) is 5.91 Å². The van der Waals surface area contributed by atoms with Crippen LogP contribution in [0.1, 0.15) is 154 Å². The van der Waals surface area contributed by atoms with Gasteiger partial charge in [-0.3, -0.25) is 4.79 Å². The Morgan fingerprint density at radius 2 is 1.20 bits per heavy atom. The van der Waals surface area contributed by atoms with Crippen LogP contribution in [0.3, 0.4) is 0 Å². The molecule has 0 saturated carbocycles. The van der Waals surface area contributed by atoms with Gasteiger partial charge >= 0.3 is 0 Å². The Balaban J connectivity index is 1.32. The molecule has 1 aliphatic rings. The van der Waals surface area contributed by atoms with E-state index in [1.807, 2.05) is 12.1 Å². The van der Waals surface area contributed by atoms with Crippen LogP contribution in [-0.2, 0) is 20.7 Å². The molecule has 59 heavy (non-hydrogen) atoms. The molecule has 2 aromatic rings. The monoisotopic (exact) mass is 834 g/mol. The molecule has 1 aliphatic heterocycles. The molecule has 11 nitrogen and oxygen atoms in total. The number of amides is 1. The predicted molar refractivity (Wildman–Crippen MR) is 228 cm³/mol. The van der Waals surface area contributed by atoms with Crippen LogP contribution < -0.4 is 10.1 Å². The molecule has 1 amide bonds. The number of nitrogens with one attached hydrogen (secondary N) is 1. The fourth-order valence-corrected chi connectivity index (χ4v) is 7.58. The molecule has 336 valence electrons. The number of hydrogen-bond acceptors (Lipinski definition) is 10. The number of rotatable bonds is 33. The summed E-state index contributed by atoms with van der Waals surface area (Å²) in [7, 11) is 0. The molecular formula is C47H76FNO10. The number of halogens is 1. The van der Waals surface area contributed by atoms with Crippen LogP contribution in [0.15, 0.2) is 48.5 Å². The normalized spacial score (nSPS) is 20.9. The summed E-state index contributed by atoms with van der Waals surface area (Å²) in [5, 5.41) is 65.2. The molecule has 12 heteroatoms. The predicted octanol–water partition coefficient (Wildman–Crippen LogP) is 7.79. The molecule has 0 aliphatic carbocycles. The van der Waals surface area contributed by atoms with E-state index in [9.17, 15) is 39.8 Å². The minimum atomic E-state index is -1.62. The first-order valence-electron chi connectivity index (χ1n) is 22.7. The number of carbonyl (C=O) groups is 1. The number of carbonyl (C=O) groups excluding carboxylic acids is 1. The maximum Gasteiger partial charge on any atom is 0.220 e. The van der Waals surface area contributed by atoms with Gasteiger partial charge in [-0.2, -0.15) is 0 Å². The molecular weight excluding hydrogens is 758 g/mol. The standard InChI is InChI=1S/C47H76FNO10/c1-2-3-4-5-6-7-8-9-10-14-17-20-23-40(51)43(53)39(34-57-47-46(56)45(55)44(54)41(33-50)59-47)49-42(52)24-21-18-15-12-11-13-16-19-22-35-25-29-37(30-26-35)58-38-31-27-36(48)28-32-38/h25-32,39-41,43-47,50-51,53-56H,2-24,33-34H2,1H3,(H,49,52)/t39-,40+,41?,43-,44-,45-,46?,47-/m0/s1. The van der Waals surface area contributed by atoms with Crippen molar-refractivity contribution < 1.29 is 54.0 Å². The third-order valence-electron chi connectivity index (χ3n) is 11.4. The van der Waals surface area contributed by atoms with Crippen LogP contribution in [-0.4, -0.2) is 98.7 Å². The van der Waals surface area contributed by atoms with E-state index in [0.29, 0.717) is 18.6 Å². The average Bonchev–Trinajstić information content (AvgIpc) is 3.24. The Bertz CT molecular complexity index is 1350. The second kappa shape index (κ2) is 30.4. The lowest BCUT2D eigenvalue weighted by Crippen LogP contribution is -2.60. The minimum absolute atomic E-state index is 0.242. The highest BCUT2D eigenvalue weighted by molar-refractivity contribution is 5.76. The van der Waals surface area contributed by atoms with Gasteiger partial charge in [0.05, 0.1) is 25.4 Å². The van der Waals surface area contributed by atoms with Crippen molar-refractivity contribution >= 4 is 5.91 Å². The fraction of sp³-hybridized carbons (Fsp3) is 0.723. The summed E-state index contributed by atoms with van der Waals surface area (Å²) in [6.45, 7) is 1.29. The van der Waals surface area contributed by atoms with E-state index >= 15 is 0 Å².